The second-order valence-corrected chi connectivity index (χ2v) is 5.12. The van der Waals surface area contributed by atoms with Gasteiger partial charge in [0.1, 0.15) is 6.33 Å². The van der Waals surface area contributed by atoms with Crippen LogP contribution >= 0.6 is 0 Å². The number of amides is 2. The topological polar surface area (TPSA) is 109 Å². The Hall–Kier alpha value is -2.90. The van der Waals surface area contributed by atoms with Gasteiger partial charge in [-0.25, -0.2) is 9.48 Å². The molecule has 0 fully saturated rings. The first-order chi connectivity index (χ1) is 11.0. The fourth-order valence-electron chi connectivity index (χ4n) is 2.15. The fraction of sp³-hybridized carbons (Fsp3) is 0.333. The number of aromatic nitrogens is 3. The molecule has 2 amide bonds. The first kappa shape index (κ1) is 16.5. The maximum Gasteiger partial charge on any atom is 0.321 e. The minimum Gasteiger partial charge on any atom is -0.481 e. The van der Waals surface area contributed by atoms with Crippen molar-refractivity contribution in [1.82, 2.24) is 20.1 Å². The minimum atomic E-state index is -0.890. The molecular formula is C15H19N5O3. The number of aliphatic carboxylic acids is 1. The molecule has 2 aromatic rings. The lowest BCUT2D eigenvalue weighted by Gasteiger charge is -2.18. The summed E-state index contributed by atoms with van der Waals surface area (Å²) < 4.78 is 1.43. The molecule has 0 aliphatic heterocycles. The number of benzene rings is 1. The van der Waals surface area contributed by atoms with E-state index < -0.39 is 12.0 Å². The number of nitrogens with one attached hydrogen (secondary N) is 2. The number of hydrogen-bond acceptors (Lipinski definition) is 4. The average molecular weight is 317 g/mol. The predicted octanol–water partition coefficient (Wildman–Crippen LogP) is 1.41. The largest absolute Gasteiger partial charge is 0.481 e. The summed E-state index contributed by atoms with van der Waals surface area (Å²) in [6.45, 7) is 0. The summed E-state index contributed by atoms with van der Waals surface area (Å²) in [7, 11) is 1.66. The summed E-state index contributed by atoms with van der Waals surface area (Å²) in [6.07, 6.45) is 2.22. The van der Waals surface area contributed by atoms with E-state index in [2.05, 4.69) is 20.7 Å². The van der Waals surface area contributed by atoms with E-state index >= 15 is 0 Å². The molecule has 8 heteroatoms. The standard InChI is InChI=1S/C15H19N5O3/c1-20-14(16-10-17-20)19-15(23)18-12(7-8-13(21)22)9-11-5-3-2-4-6-11/h2-6,10,12H,7-9H2,1H3,(H,21,22)(H2,16,17,18,19,23). The molecule has 8 nitrogen and oxygen atoms in total. The fourth-order valence-corrected chi connectivity index (χ4v) is 2.15. The molecule has 1 atom stereocenters. The van der Waals surface area contributed by atoms with Crippen LogP contribution in [-0.4, -0.2) is 37.9 Å². The molecule has 0 radical (unpaired) electrons. The average Bonchev–Trinajstić information content (AvgIpc) is 2.91. The lowest BCUT2D eigenvalue weighted by Crippen LogP contribution is -2.40. The van der Waals surface area contributed by atoms with Crippen LogP contribution in [0.4, 0.5) is 10.7 Å². The smallest absolute Gasteiger partial charge is 0.321 e. The summed E-state index contributed by atoms with van der Waals surface area (Å²) >= 11 is 0. The van der Waals surface area contributed by atoms with Gasteiger partial charge in [0.15, 0.2) is 0 Å². The summed E-state index contributed by atoms with van der Waals surface area (Å²) in [5.41, 5.74) is 1.03. The molecule has 0 aliphatic rings. The zero-order valence-electron chi connectivity index (χ0n) is 12.8. The van der Waals surface area contributed by atoms with Crippen LogP contribution in [0.5, 0.6) is 0 Å². The monoisotopic (exact) mass is 317 g/mol. The molecule has 3 N–H and O–H groups in total. The van der Waals surface area contributed by atoms with E-state index in [9.17, 15) is 9.59 Å². The van der Waals surface area contributed by atoms with Crippen LogP contribution in [0, 0.1) is 0 Å². The first-order valence-corrected chi connectivity index (χ1v) is 7.22. The van der Waals surface area contributed by atoms with Gasteiger partial charge >= 0.3 is 12.0 Å². The summed E-state index contributed by atoms with van der Waals surface area (Å²) in [5.74, 6) is -0.572. The third-order valence-electron chi connectivity index (χ3n) is 3.30. The van der Waals surface area contributed by atoms with Gasteiger partial charge in [0.25, 0.3) is 0 Å². The number of carboxylic acid groups (broad SMARTS) is 1. The van der Waals surface area contributed by atoms with Crippen molar-refractivity contribution in [2.75, 3.05) is 5.32 Å². The van der Waals surface area contributed by atoms with E-state index in [1.807, 2.05) is 30.3 Å². The Morgan fingerprint density at radius 1 is 1.30 bits per heavy atom. The molecule has 2 rings (SSSR count). The van der Waals surface area contributed by atoms with E-state index in [1.165, 1.54) is 11.0 Å². The molecule has 1 aromatic carbocycles. The number of anilines is 1. The van der Waals surface area contributed by atoms with Crippen molar-refractivity contribution in [1.29, 1.82) is 0 Å². The van der Waals surface area contributed by atoms with E-state index in [0.29, 0.717) is 18.8 Å². The van der Waals surface area contributed by atoms with E-state index in [0.717, 1.165) is 5.56 Å². The lowest BCUT2D eigenvalue weighted by molar-refractivity contribution is -0.137. The number of aryl methyl sites for hydroxylation is 1. The number of carbonyl (C=O) groups is 2. The van der Waals surface area contributed by atoms with Gasteiger partial charge in [-0.2, -0.15) is 10.1 Å². The highest BCUT2D eigenvalue weighted by Crippen LogP contribution is 2.08. The van der Waals surface area contributed by atoms with Crippen molar-refractivity contribution < 1.29 is 14.7 Å². The second kappa shape index (κ2) is 7.92. The lowest BCUT2D eigenvalue weighted by atomic mass is 10.0. The predicted molar refractivity (Wildman–Crippen MR) is 84.0 cm³/mol. The molecule has 1 aromatic heterocycles. The SMILES string of the molecule is Cn1ncnc1NC(=O)NC(CCC(=O)O)Cc1ccccc1. The Morgan fingerprint density at radius 2 is 2.04 bits per heavy atom. The Kier molecular flexibility index (Phi) is 5.67. The zero-order valence-corrected chi connectivity index (χ0v) is 12.8. The molecule has 0 saturated carbocycles. The van der Waals surface area contributed by atoms with Gasteiger partial charge in [-0.1, -0.05) is 30.3 Å². The van der Waals surface area contributed by atoms with E-state index in [1.54, 1.807) is 7.05 Å². The highest BCUT2D eigenvalue weighted by molar-refractivity contribution is 5.87. The molecule has 122 valence electrons. The van der Waals surface area contributed by atoms with Gasteiger partial charge in [0.2, 0.25) is 5.95 Å². The van der Waals surface area contributed by atoms with Crippen LogP contribution in [0.1, 0.15) is 18.4 Å². The van der Waals surface area contributed by atoms with Crippen LogP contribution in [-0.2, 0) is 18.3 Å². The Balaban J connectivity index is 1.97. The van der Waals surface area contributed by atoms with Crippen molar-refractivity contribution in [2.24, 2.45) is 7.05 Å². The molecular weight excluding hydrogens is 298 g/mol. The number of carbonyl (C=O) groups excluding carboxylic acids is 1. The summed E-state index contributed by atoms with van der Waals surface area (Å²) in [4.78, 5) is 26.8. The van der Waals surface area contributed by atoms with Crippen molar-refractivity contribution in [2.45, 2.75) is 25.3 Å². The normalized spacial score (nSPS) is 11.7. The van der Waals surface area contributed by atoms with Gasteiger partial charge in [-0.15, -0.1) is 0 Å². The third-order valence-corrected chi connectivity index (χ3v) is 3.30. The number of urea groups is 1. The zero-order chi connectivity index (χ0) is 16.7. The minimum absolute atomic E-state index is 0.0122. The van der Waals surface area contributed by atoms with Crippen molar-refractivity contribution in [3.63, 3.8) is 0 Å². The summed E-state index contributed by atoms with van der Waals surface area (Å²) in [6, 6.07) is 8.87. The number of carboxylic acids is 1. The van der Waals surface area contributed by atoms with Crippen LogP contribution in [0.2, 0.25) is 0 Å². The van der Waals surface area contributed by atoms with Crippen molar-refractivity contribution in [3.05, 3.63) is 42.2 Å². The van der Waals surface area contributed by atoms with Crippen LogP contribution < -0.4 is 10.6 Å². The Labute approximate surface area is 133 Å². The van der Waals surface area contributed by atoms with Gasteiger partial charge in [-0.05, 0) is 18.4 Å². The highest BCUT2D eigenvalue weighted by atomic mass is 16.4. The first-order valence-electron chi connectivity index (χ1n) is 7.22. The molecule has 23 heavy (non-hydrogen) atoms. The molecule has 0 bridgehead atoms. The number of rotatable bonds is 7. The Morgan fingerprint density at radius 3 is 2.65 bits per heavy atom. The maximum absolute atomic E-state index is 12.1. The molecule has 0 saturated heterocycles. The second-order valence-electron chi connectivity index (χ2n) is 5.12. The quantitative estimate of drug-likeness (QED) is 0.715. The van der Waals surface area contributed by atoms with E-state index in [-0.39, 0.29) is 12.5 Å². The number of hydrogen-bond donors (Lipinski definition) is 3. The highest BCUT2D eigenvalue weighted by Gasteiger charge is 2.16. The molecule has 1 unspecified atom stereocenters. The van der Waals surface area contributed by atoms with Crippen molar-refractivity contribution in [3.8, 4) is 0 Å². The van der Waals surface area contributed by atoms with Gasteiger partial charge in [-0.3, -0.25) is 10.1 Å². The maximum atomic E-state index is 12.1. The third kappa shape index (κ3) is 5.42. The number of nitrogens with zero attached hydrogens (tertiary/aromatic N) is 3. The molecule has 0 aliphatic carbocycles. The van der Waals surface area contributed by atoms with Gasteiger partial charge in [0, 0.05) is 19.5 Å². The molecule has 1 heterocycles. The van der Waals surface area contributed by atoms with Crippen molar-refractivity contribution >= 4 is 17.9 Å². The van der Waals surface area contributed by atoms with Crippen LogP contribution in [0.3, 0.4) is 0 Å². The Bertz CT molecular complexity index is 656. The van der Waals surface area contributed by atoms with Crippen LogP contribution in [0.15, 0.2) is 36.7 Å². The molecule has 0 spiro atoms. The van der Waals surface area contributed by atoms with E-state index in [4.69, 9.17) is 5.11 Å². The van der Waals surface area contributed by atoms with Gasteiger partial charge in [0.05, 0.1) is 0 Å². The summed E-state index contributed by atoms with van der Waals surface area (Å²) in [5, 5.41) is 18.1. The van der Waals surface area contributed by atoms with Crippen LogP contribution in [0.25, 0.3) is 0 Å². The van der Waals surface area contributed by atoms with Gasteiger partial charge < -0.3 is 10.4 Å².